The van der Waals surface area contributed by atoms with Crippen molar-refractivity contribution in [2.45, 2.75) is 49.7 Å². The monoisotopic (exact) mass is 444 g/mol. The van der Waals surface area contributed by atoms with Crippen LogP contribution < -0.4 is 16.0 Å². The van der Waals surface area contributed by atoms with E-state index in [1.807, 2.05) is 0 Å². The fraction of sp³-hybridized carbons (Fsp3) is 0.381. The van der Waals surface area contributed by atoms with Crippen molar-refractivity contribution in [2.24, 2.45) is 5.73 Å². The largest absolute Gasteiger partial charge is 0.353 e. The highest BCUT2D eigenvalue weighted by atomic mass is 35.5. The molecule has 2 unspecified atom stereocenters. The van der Waals surface area contributed by atoms with Crippen LogP contribution in [-0.2, 0) is 10.7 Å². The van der Waals surface area contributed by atoms with Gasteiger partial charge >= 0.3 is 5.92 Å². The Morgan fingerprint density at radius 3 is 2.68 bits per heavy atom. The lowest BCUT2D eigenvalue weighted by molar-refractivity contribution is -0.139. The van der Waals surface area contributed by atoms with E-state index in [4.69, 9.17) is 22.3 Å². The zero-order valence-electron chi connectivity index (χ0n) is 16.3. The molecule has 31 heavy (non-hydrogen) atoms. The summed E-state index contributed by atoms with van der Waals surface area (Å²) < 4.78 is 28.7. The van der Waals surface area contributed by atoms with E-state index in [0.717, 1.165) is 31.5 Å². The van der Waals surface area contributed by atoms with Crippen LogP contribution in [0.2, 0.25) is 5.02 Å². The molecule has 5 heterocycles. The maximum Gasteiger partial charge on any atom is 0.353 e. The molecule has 0 aliphatic carbocycles. The van der Waals surface area contributed by atoms with Crippen LogP contribution in [0.3, 0.4) is 0 Å². The van der Waals surface area contributed by atoms with Crippen molar-refractivity contribution in [1.29, 1.82) is 0 Å². The van der Waals surface area contributed by atoms with Crippen LogP contribution in [0.15, 0.2) is 24.5 Å². The number of halogens is 3. The minimum Gasteiger partial charge on any atom is -0.349 e. The van der Waals surface area contributed by atoms with Crippen molar-refractivity contribution in [3.8, 4) is 11.1 Å². The van der Waals surface area contributed by atoms with Gasteiger partial charge in [-0.15, -0.1) is 0 Å². The average molecular weight is 445 g/mol. The van der Waals surface area contributed by atoms with Gasteiger partial charge in [-0.3, -0.25) is 4.79 Å². The van der Waals surface area contributed by atoms with Crippen molar-refractivity contribution in [1.82, 2.24) is 15.0 Å². The summed E-state index contributed by atoms with van der Waals surface area (Å²) in [6.45, 7) is 0. The molecule has 0 radical (unpaired) electrons. The van der Waals surface area contributed by atoms with Gasteiger partial charge in [0.15, 0.2) is 5.65 Å². The van der Waals surface area contributed by atoms with Gasteiger partial charge in [0.2, 0.25) is 0 Å². The molecule has 0 saturated carbocycles. The summed E-state index contributed by atoms with van der Waals surface area (Å²) in [5.74, 6) is -4.26. The third-order valence-corrected chi connectivity index (χ3v) is 7.07. The number of H-pyrrole nitrogens is 1. The number of nitrogens with one attached hydrogen (secondary N) is 2. The smallest absolute Gasteiger partial charge is 0.349 e. The third-order valence-electron chi connectivity index (χ3n) is 6.68. The number of piperidine rings is 1. The van der Waals surface area contributed by atoms with Gasteiger partial charge in [-0.1, -0.05) is 17.7 Å². The highest BCUT2D eigenvalue weighted by Gasteiger charge is 2.50. The molecule has 3 aromatic rings. The first-order chi connectivity index (χ1) is 14.8. The van der Waals surface area contributed by atoms with Gasteiger partial charge in [-0.25, -0.2) is 9.97 Å². The Morgan fingerprint density at radius 2 is 1.94 bits per heavy atom. The van der Waals surface area contributed by atoms with E-state index in [1.165, 1.54) is 6.07 Å². The van der Waals surface area contributed by atoms with E-state index in [2.05, 4.69) is 20.2 Å². The Labute approximate surface area is 181 Å². The van der Waals surface area contributed by atoms with Crippen LogP contribution in [0.1, 0.15) is 31.2 Å². The van der Waals surface area contributed by atoms with Crippen LogP contribution in [0.5, 0.6) is 0 Å². The van der Waals surface area contributed by atoms with E-state index in [1.54, 1.807) is 18.5 Å². The first-order valence-electron chi connectivity index (χ1n) is 10.2. The number of rotatable bonds is 2. The van der Waals surface area contributed by atoms with E-state index < -0.39 is 17.4 Å². The van der Waals surface area contributed by atoms with Gasteiger partial charge in [-0.2, -0.15) is 8.78 Å². The van der Waals surface area contributed by atoms with Crippen molar-refractivity contribution in [2.75, 3.05) is 10.2 Å². The lowest BCUT2D eigenvalue weighted by atomic mass is 9.98. The van der Waals surface area contributed by atoms with Gasteiger partial charge in [0.25, 0.3) is 5.91 Å². The highest BCUT2D eigenvalue weighted by Crippen LogP contribution is 2.48. The van der Waals surface area contributed by atoms with Gasteiger partial charge in [0.1, 0.15) is 11.3 Å². The van der Waals surface area contributed by atoms with Crippen molar-refractivity contribution in [3.63, 3.8) is 0 Å². The second-order valence-corrected chi connectivity index (χ2v) is 8.91. The fourth-order valence-corrected chi connectivity index (χ4v) is 5.70. The topological polar surface area (TPSA) is 99.9 Å². The number of aromatic amines is 1. The molecule has 0 spiro atoms. The van der Waals surface area contributed by atoms with Gasteiger partial charge in [-0.05, 0) is 31.7 Å². The van der Waals surface area contributed by atoms with Gasteiger partial charge in [0.05, 0.1) is 22.5 Å². The molecule has 1 aromatic carbocycles. The number of nitrogens with zero attached hydrogens (tertiary/aromatic N) is 3. The summed E-state index contributed by atoms with van der Waals surface area (Å²) in [5, 5.41) is 2.00. The molecule has 160 valence electrons. The molecule has 2 atom stereocenters. The molecule has 7 nitrogen and oxygen atoms in total. The zero-order valence-corrected chi connectivity index (χ0v) is 17.1. The molecule has 2 aromatic heterocycles. The number of alkyl halides is 2. The summed E-state index contributed by atoms with van der Waals surface area (Å²) >= 11 is 6.35. The maximum atomic E-state index is 14.3. The first kappa shape index (κ1) is 18.9. The number of carbonyl (C=O) groups excluding carboxylic acids is 1. The van der Waals surface area contributed by atoms with Crippen LogP contribution in [-0.4, -0.2) is 39.0 Å². The summed E-state index contributed by atoms with van der Waals surface area (Å²) in [6.07, 6.45) is 7.46. The van der Waals surface area contributed by atoms with Crippen LogP contribution in [0.4, 0.5) is 20.3 Å². The Morgan fingerprint density at radius 1 is 1.19 bits per heavy atom. The zero-order chi connectivity index (χ0) is 21.5. The molecule has 2 bridgehead atoms. The number of hydrogen-bond donors (Lipinski definition) is 3. The van der Waals surface area contributed by atoms with E-state index in [0.29, 0.717) is 34.4 Å². The Balaban J connectivity index is 1.42. The lowest BCUT2D eigenvalue weighted by Crippen LogP contribution is -2.47. The minimum atomic E-state index is -3.68. The van der Waals surface area contributed by atoms with E-state index in [-0.39, 0.29) is 16.8 Å². The quantitative estimate of drug-likeness (QED) is 0.558. The number of amides is 1. The van der Waals surface area contributed by atoms with Crippen LogP contribution in [0.25, 0.3) is 22.3 Å². The molecule has 2 saturated heterocycles. The molecule has 6 rings (SSSR count). The second kappa shape index (κ2) is 6.37. The SMILES string of the molecule is NC1CC2CCC(C1)N2c1cnc2c(-c3ccc4c(c3Cl)C(F)(F)C(=O)N4)c[nH]c2n1. The summed E-state index contributed by atoms with van der Waals surface area (Å²) in [7, 11) is 0. The van der Waals surface area contributed by atoms with Crippen molar-refractivity contribution < 1.29 is 13.6 Å². The van der Waals surface area contributed by atoms with Gasteiger partial charge < -0.3 is 20.9 Å². The predicted molar refractivity (Wildman–Crippen MR) is 113 cm³/mol. The molecule has 3 aliphatic heterocycles. The number of aromatic nitrogens is 3. The predicted octanol–water partition coefficient (Wildman–Crippen LogP) is 3.78. The highest BCUT2D eigenvalue weighted by molar-refractivity contribution is 6.36. The lowest BCUT2D eigenvalue weighted by Gasteiger charge is -2.38. The molecule has 2 fully saturated rings. The van der Waals surface area contributed by atoms with Gasteiger partial charge in [0, 0.05) is 35.4 Å². The molecule has 10 heteroatoms. The van der Waals surface area contributed by atoms with E-state index >= 15 is 0 Å². The normalized spacial score (nSPS) is 26.4. The van der Waals surface area contributed by atoms with Crippen molar-refractivity contribution in [3.05, 3.63) is 35.1 Å². The van der Waals surface area contributed by atoms with Crippen molar-refractivity contribution >= 4 is 40.2 Å². The number of hydrogen-bond acceptors (Lipinski definition) is 5. The minimum absolute atomic E-state index is 0.0238. The third kappa shape index (κ3) is 2.62. The molecular weight excluding hydrogens is 426 g/mol. The molecular formula is C21H19ClF2N6O. The maximum absolute atomic E-state index is 14.3. The number of fused-ring (bicyclic) bond motifs is 4. The Hall–Kier alpha value is -2.78. The molecule has 3 aliphatic rings. The second-order valence-electron chi connectivity index (χ2n) is 8.53. The number of nitrogens with two attached hydrogens (primary N) is 1. The first-order valence-corrected chi connectivity index (χ1v) is 10.6. The Kier molecular flexibility index (Phi) is 3.89. The van der Waals surface area contributed by atoms with Crippen LogP contribution >= 0.6 is 11.6 Å². The molecule has 1 amide bonds. The van der Waals surface area contributed by atoms with Crippen LogP contribution in [0, 0.1) is 0 Å². The average Bonchev–Trinajstić information content (AvgIpc) is 3.33. The van der Waals surface area contributed by atoms with E-state index in [9.17, 15) is 13.6 Å². The standard InChI is InChI=1S/C21H19ClF2N6O/c22-17-12(3-4-14-16(17)21(23,24)20(31)28-14)13-7-27-19-18(13)26-8-15(29-19)30-10-1-2-11(30)6-9(25)5-10/h3-4,7-11H,1-2,5-6,25H2,(H,27,29)(H,28,31). The molecule has 4 N–H and O–H groups in total. The summed E-state index contributed by atoms with van der Waals surface area (Å²) in [5.41, 5.74) is 7.71. The Bertz CT molecular complexity index is 1230. The number of anilines is 2. The number of benzene rings is 1. The fourth-order valence-electron chi connectivity index (χ4n) is 5.32. The number of carbonyl (C=O) groups is 1. The summed E-state index contributed by atoms with van der Waals surface area (Å²) in [4.78, 5) is 26.4. The summed E-state index contributed by atoms with van der Waals surface area (Å²) in [6, 6.07) is 4.00.